The lowest BCUT2D eigenvalue weighted by atomic mass is 10.2. The molecule has 1 aromatic rings. The van der Waals surface area contributed by atoms with Crippen LogP contribution in [0.3, 0.4) is 0 Å². The van der Waals surface area contributed by atoms with E-state index >= 15 is 0 Å². The summed E-state index contributed by atoms with van der Waals surface area (Å²) in [7, 11) is 0. The maximum Gasteiger partial charge on any atom is 0.573 e. The second-order valence-corrected chi connectivity index (χ2v) is 5.05. The third-order valence-corrected chi connectivity index (χ3v) is 3.17. The maximum atomic E-state index is 12.2. The maximum absolute atomic E-state index is 12.2. The number of nitrogens with zero attached hydrogens (tertiary/aromatic N) is 3. The first-order valence-corrected chi connectivity index (χ1v) is 7.22. The molecule has 0 saturated heterocycles. The van der Waals surface area contributed by atoms with Gasteiger partial charge >= 0.3 is 6.36 Å². The van der Waals surface area contributed by atoms with Gasteiger partial charge in [0.25, 0.3) is 0 Å². The van der Waals surface area contributed by atoms with Crippen LogP contribution in [0.15, 0.2) is 46.4 Å². The summed E-state index contributed by atoms with van der Waals surface area (Å²) in [5.74, 6) is -0.0872. The Morgan fingerprint density at radius 1 is 1.24 bits per heavy atom. The van der Waals surface area contributed by atoms with Crippen LogP contribution in [0.1, 0.15) is 12.0 Å². The fraction of sp³-hybridized carbons (Fsp3) is 0.333. The van der Waals surface area contributed by atoms with Crippen LogP contribution >= 0.6 is 12.4 Å². The van der Waals surface area contributed by atoms with Crippen LogP contribution in [0, 0.1) is 0 Å². The first-order chi connectivity index (χ1) is 11.3. The molecule has 0 bridgehead atoms. The number of benzene rings is 1. The molecule has 10 heteroatoms. The molecule has 0 aliphatic carbocycles. The summed E-state index contributed by atoms with van der Waals surface area (Å²) in [5, 5.41) is 0. The van der Waals surface area contributed by atoms with E-state index in [1.165, 1.54) is 18.2 Å². The van der Waals surface area contributed by atoms with Gasteiger partial charge in [-0.15, -0.1) is 25.6 Å². The van der Waals surface area contributed by atoms with Crippen molar-refractivity contribution in [3.05, 3.63) is 42.0 Å². The Morgan fingerprint density at radius 3 is 2.64 bits per heavy atom. The van der Waals surface area contributed by atoms with Crippen LogP contribution in [0.5, 0.6) is 5.75 Å². The van der Waals surface area contributed by atoms with Crippen molar-refractivity contribution in [2.45, 2.75) is 19.3 Å². The molecule has 0 spiro atoms. The number of hydrogen-bond donors (Lipinski definition) is 2. The quantitative estimate of drug-likeness (QED) is 0.481. The van der Waals surface area contributed by atoms with Crippen LogP contribution in [0.25, 0.3) is 0 Å². The average Bonchev–Trinajstić information content (AvgIpc) is 2.52. The number of ether oxygens (including phenoxy) is 1. The van der Waals surface area contributed by atoms with Crippen molar-refractivity contribution in [3.8, 4) is 5.75 Å². The van der Waals surface area contributed by atoms with E-state index in [0.717, 1.165) is 13.0 Å². The summed E-state index contributed by atoms with van der Waals surface area (Å²) in [6.07, 6.45) is 0.171. The zero-order valence-electron chi connectivity index (χ0n) is 13.2. The van der Waals surface area contributed by atoms with Crippen LogP contribution in [0.2, 0.25) is 0 Å². The third-order valence-electron chi connectivity index (χ3n) is 3.17. The molecule has 0 unspecified atom stereocenters. The van der Waals surface area contributed by atoms with Gasteiger partial charge in [-0.25, -0.2) is 4.99 Å². The normalized spacial score (nSPS) is 15.7. The van der Waals surface area contributed by atoms with Gasteiger partial charge in [-0.3, -0.25) is 0 Å². The van der Waals surface area contributed by atoms with E-state index in [9.17, 15) is 13.2 Å². The van der Waals surface area contributed by atoms with Gasteiger partial charge in [0, 0.05) is 13.1 Å². The molecule has 0 radical (unpaired) electrons. The smallest absolute Gasteiger partial charge is 0.406 e. The van der Waals surface area contributed by atoms with Gasteiger partial charge in [0.2, 0.25) is 5.96 Å². The predicted octanol–water partition coefficient (Wildman–Crippen LogP) is 2.40. The summed E-state index contributed by atoms with van der Waals surface area (Å²) in [6.45, 7) is 1.47. The lowest BCUT2D eigenvalue weighted by Crippen LogP contribution is -2.40. The van der Waals surface area contributed by atoms with E-state index < -0.39 is 6.36 Å². The summed E-state index contributed by atoms with van der Waals surface area (Å²) in [6, 6.07) is 5.51. The highest BCUT2D eigenvalue weighted by atomic mass is 35.5. The van der Waals surface area contributed by atoms with E-state index in [0.29, 0.717) is 12.1 Å². The largest absolute Gasteiger partial charge is 0.573 e. The van der Waals surface area contributed by atoms with Crippen molar-refractivity contribution in [2.75, 3.05) is 13.1 Å². The molecule has 0 saturated carbocycles. The topological polar surface area (TPSA) is 89.2 Å². The number of alkyl halides is 3. The highest BCUT2D eigenvalue weighted by Gasteiger charge is 2.31. The molecule has 25 heavy (non-hydrogen) atoms. The zero-order chi connectivity index (χ0) is 17.6. The van der Waals surface area contributed by atoms with Crippen LogP contribution in [-0.4, -0.2) is 36.3 Å². The molecular formula is C15H19ClF3N5O. The molecular weight excluding hydrogens is 359 g/mol. The Balaban J connectivity index is 0.00000312. The molecule has 1 aliphatic rings. The predicted molar refractivity (Wildman–Crippen MR) is 92.7 cm³/mol. The Bertz CT molecular complexity index is 661. The highest BCUT2D eigenvalue weighted by molar-refractivity contribution is 5.93. The number of guanidine groups is 2. The number of aliphatic imine (C=N–C) groups is 2. The fourth-order valence-electron chi connectivity index (χ4n) is 2.09. The number of halogens is 4. The van der Waals surface area contributed by atoms with Crippen molar-refractivity contribution < 1.29 is 17.9 Å². The molecule has 1 heterocycles. The van der Waals surface area contributed by atoms with Crippen molar-refractivity contribution in [1.29, 1.82) is 0 Å². The zero-order valence-corrected chi connectivity index (χ0v) is 14.1. The van der Waals surface area contributed by atoms with E-state index in [1.807, 2.05) is 11.0 Å². The minimum absolute atomic E-state index is 0. The molecule has 0 amide bonds. The molecule has 4 N–H and O–H groups in total. The van der Waals surface area contributed by atoms with Crippen molar-refractivity contribution in [3.63, 3.8) is 0 Å². The van der Waals surface area contributed by atoms with Gasteiger partial charge < -0.3 is 21.1 Å². The minimum atomic E-state index is -4.73. The lowest BCUT2D eigenvalue weighted by Gasteiger charge is -2.23. The van der Waals surface area contributed by atoms with E-state index in [4.69, 9.17) is 11.5 Å². The van der Waals surface area contributed by atoms with Crippen molar-refractivity contribution in [1.82, 2.24) is 4.90 Å². The van der Waals surface area contributed by atoms with E-state index in [-0.39, 0.29) is 36.6 Å². The molecule has 2 rings (SSSR count). The Morgan fingerprint density at radius 2 is 2.00 bits per heavy atom. The van der Waals surface area contributed by atoms with Gasteiger partial charge in [-0.05, 0) is 24.1 Å². The second-order valence-electron chi connectivity index (χ2n) is 5.05. The number of nitrogens with two attached hydrogens (primary N) is 2. The molecule has 1 aliphatic heterocycles. The van der Waals surface area contributed by atoms with Crippen LogP contribution in [0.4, 0.5) is 13.2 Å². The van der Waals surface area contributed by atoms with Crippen molar-refractivity contribution in [2.24, 2.45) is 21.5 Å². The minimum Gasteiger partial charge on any atom is -0.406 e. The van der Waals surface area contributed by atoms with Crippen molar-refractivity contribution >= 4 is 24.3 Å². The highest BCUT2D eigenvalue weighted by Crippen LogP contribution is 2.23. The monoisotopic (exact) mass is 377 g/mol. The van der Waals surface area contributed by atoms with Gasteiger partial charge in [0.05, 0.1) is 6.54 Å². The van der Waals surface area contributed by atoms with Gasteiger partial charge in [-0.1, -0.05) is 24.3 Å². The number of rotatable bonds is 3. The third kappa shape index (κ3) is 7.34. The van der Waals surface area contributed by atoms with E-state index in [1.54, 1.807) is 6.07 Å². The Kier molecular flexibility index (Phi) is 7.56. The standard InChI is InChI=1S/C15H18F3N5O.ClH/c16-15(17,18)24-12-6-4-5-11(9-12)10-21-13(19)22-14(20)23-7-2-1-3-8-23;/h1-2,4-6,9H,3,7-8,10H2,(H4,19,20,21,22);1H. The number of hydrogen-bond acceptors (Lipinski definition) is 2. The first-order valence-electron chi connectivity index (χ1n) is 7.22. The summed E-state index contributed by atoms with van der Waals surface area (Å²) in [5.41, 5.74) is 12.1. The molecule has 138 valence electrons. The second kappa shape index (κ2) is 9.16. The summed E-state index contributed by atoms with van der Waals surface area (Å²) >= 11 is 0. The molecule has 6 nitrogen and oxygen atoms in total. The van der Waals surface area contributed by atoms with Gasteiger partial charge in [0.1, 0.15) is 5.75 Å². The Labute approximate surface area is 149 Å². The lowest BCUT2D eigenvalue weighted by molar-refractivity contribution is -0.274. The molecule has 1 aromatic carbocycles. The first kappa shape index (κ1) is 20.6. The Hall–Kier alpha value is -2.42. The summed E-state index contributed by atoms with van der Waals surface area (Å²) < 4.78 is 40.4. The van der Waals surface area contributed by atoms with Crippen LogP contribution < -0.4 is 16.2 Å². The molecule has 0 atom stereocenters. The van der Waals surface area contributed by atoms with E-state index in [2.05, 4.69) is 20.8 Å². The summed E-state index contributed by atoms with van der Waals surface area (Å²) in [4.78, 5) is 9.86. The average molecular weight is 378 g/mol. The molecule has 0 aromatic heterocycles. The van der Waals surface area contributed by atoms with Gasteiger partial charge in [-0.2, -0.15) is 4.99 Å². The SMILES string of the molecule is Cl.NC(=NCc1cccc(OC(F)(F)F)c1)N=C(N)N1CC=CCC1. The fourth-order valence-corrected chi connectivity index (χ4v) is 2.09. The van der Waals surface area contributed by atoms with Crippen LogP contribution in [-0.2, 0) is 6.54 Å². The van der Waals surface area contributed by atoms with Gasteiger partial charge in [0.15, 0.2) is 5.96 Å². The molecule has 0 fully saturated rings.